The lowest BCUT2D eigenvalue weighted by atomic mass is 10.0. The SMILES string of the molecule is CCOc1ccc(S(=O)(=O)N2CCc3ccccc3C2)cc1C. The zero-order valence-electron chi connectivity index (χ0n) is 13.5. The smallest absolute Gasteiger partial charge is 0.243 e. The van der Waals surface area contributed by atoms with E-state index in [0.29, 0.717) is 24.6 Å². The molecule has 0 amide bonds. The molecule has 23 heavy (non-hydrogen) atoms. The van der Waals surface area contributed by atoms with Gasteiger partial charge in [-0.2, -0.15) is 4.31 Å². The van der Waals surface area contributed by atoms with Crippen LogP contribution in [0.4, 0.5) is 0 Å². The first-order chi connectivity index (χ1) is 11.0. The van der Waals surface area contributed by atoms with Crippen molar-refractivity contribution in [2.75, 3.05) is 13.2 Å². The van der Waals surface area contributed by atoms with Crippen molar-refractivity contribution in [3.05, 3.63) is 59.2 Å². The Balaban J connectivity index is 1.89. The predicted molar refractivity (Wildman–Crippen MR) is 90.1 cm³/mol. The molecule has 5 heteroatoms. The van der Waals surface area contributed by atoms with E-state index in [4.69, 9.17) is 4.74 Å². The minimum atomic E-state index is -3.48. The average Bonchev–Trinajstić information content (AvgIpc) is 2.56. The maximum absolute atomic E-state index is 12.9. The third kappa shape index (κ3) is 3.12. The molecule has 0 saturated heterocycles. The zero-order chi connectivity index (χ0) is 16.4. The number of sulfonamides is 1. The minimum Gasteiger partial charge on any atom is -0.494 e. The standard InChI is InChI=1S/C18H21NO3S/c1-3-22-18-9-8-17(12-14(18)2)23(20,21)19-11-10-15-6-4-5-7-16(15)13-19/h4-9,12H,3,10-11,13H2,1-2H3. The third-order valence-electron chi connectivity index (χ3n) is 4.18. The van der Waals surface area contributed by atoms with Gasteiger partial charge in [0.1, 0.15) is 5.75 Å². The molecule has 1 heterocycles. The molecule has 0 atom stereocenters. The summed E-state index contributed by atoms with van der Waals surface area (Å²) in [6, 6.07) is 13.1. The van der Waals surface area contributed by atoms with Crippen molar-refractivity contribution in [3.63, 3.8) is 0 Å². The van der Waals surface area contributed by atoms with Gasteiger partial charge in [-0.15, -0.1) is 0 Å². The first-order valence-corrected chi connectivity index (χ1v) is 9.26. The van der Waals surface area contributed by atoms with Crippen molar-refractivity contribution in [3.8, 4) is 5.75 Å². The third-order valence-corrected chi connectivity index (χ3v) is 6.02. The number of hydrogen-bond acceptors (Lipinski definition) is 3. The number of aryl methyl sites for hydroxylation is 1. The lowest BCUT2D eigenvalue weighted by Crippen LogP contribution is -2.35. The van der Waals surface area contributed by atoms with E-state index in [0.717, 1.165) is 23.3 Å². The van der Waals surface area contributed by atoms with Crippen molar-refractivity contribution in [2.24, 2.45) is 0 Å². The molecular weight excluding hydrogens is 310 g/mol. The van der Waals surface area contributed by atoms with Gasteiger partial charge in [-0.1, -0.05) is 24.3 Å². The first kappa shape index (κ1) is 16.0. The summed E-state index contributed by atoms with van der Waals surface area (Å²) >= 11 is 0. The summed E-state index contributed by atoms with van der Waals surface area (Å²) in [5.74, 6) is 0.732. The second-order valence-corrected chi connectivity index (χ2v) is 7.66. The quantitative estimate of drug-likeness (QED) is 0.865. The van der Waals surface area contributed by atoms with Gasteiger partial charge in [0.2, 0.25) is 10.0 Å². The van der Waals surface area contributed by atoms with Gasteiger partial charge >= 0.3 is 0 Å². The largest absolute Gasteiger partial charge is 0.494 e. The highest BCUT2D eigenvalue weighted by Gasteiger charge is 2.28. The highest BCUT2D eigenvalue weighted by molar-refractivity contribution is 7.89. The first-order valence-electron chi connectivity index (χ1n) is 7.82. The van der Waals surface area contributed by atoms with Crippen LogP contribution < -0.4 is 4.74 Å². The second kappa shape index (κ2) is 6.34. The summed E-state index contributed by atoms with van der Waals surface area (Å²) < 4.78 is 32.9. The number of hydrogen-bond donors (Lipinski definition) is 0. The van der Waals surface area contributed by atoms with Crippen LogP contribution in [-0.4, -0.2) is 25.9 Å². The fraction of sp³-hybridized carbons (Fsp3) is 0.333. The van der Waals surface area contributed by atoms with Crippen LogP contribution in [0, 0.1) is 6.92 Å². The summed E-state index contributed by atoms with van der Waals surface area (Å²) in [5.41, 5.74) is 3.16. The summed E-state index contributed by atoms with van der Waals surface area (Å²) in [6.45, 7) is 5.30. The zero-order valence-corrected chi connectivity index (χ0v) is 14.3. The molecule has 1 aliphatic rings. The van der Waals surface area contributed by atoms with Gasteiger partial charge in [-0.3, -0.25) is 0 Å². The van der Waals surface area contributed by atoms with Crippen LogP contribution in [0.25, 0.3) is 0 Å². The maximum atomic E-state index is 12.9. The van der Waals surface area contributed by atoms with E-state index < -0.39 is 10.0 Å². The Morgan fingerprint density at radius 1 is 1.13 bits per heavy atom. The fourth-order valence-electron chi connectivity index (χ4n) is 2.92. The lowest BCUT2D eigenvalue weighted by molar-refractivity contribution is 0.337. The van der Waals surface area contributed by atoms with E-state index in [-0.39, 0.29) is 0 Å². The summed E-state index contributed by atoms with van der Waals surface area (Å²) in [4.78, 5) is 0.331. The van der Waals surface area contributed by atoms with Crippen molar-refractivity contribution in [2.45, 2.75) is 31.7 Å². The van der Waals surface area contributed by atoms with Crippen LogP contribution in [0.5, 0.6) is 5.75 Å². The van der Waals surface area contributed by atoms with Crippen LogP contribution in [0.1, 0.15) is 23.6 Å². The maximum Gasteiger partial charge on any atom is 0.243 e. The van der Waals surface area contributed by atoms with Gasteiger partial charge in [0.15, 0.2) is 0 Å². The number of ether oxygens (including phenoxy) is 1. The molecule has 0 spiro atoms. The minimum absolute atomic E-state index is 0.331. The topological polar surface area (TPSA) is 46.6 Å². The van der Waals surface area contributed by atoms with E-state index in [9.17, 15) is 8.42 Å². The number of fused-ring (bicyclic) bond motifs is 1. The van der Waals surface area contributed by atoms with Crippen molar-refractivity contribution in [1.82, 2.24) is 4.31 Å². The van der Waals surface area contributed by atoms with Crippen molar-refractivity contribution < 1.29 is 13.2 Å². The molecule has 4 nitrogen and oxygen atoms in total. The van der Waals surface area contributed by atoms with E-state index in [1.54, 1.807) is 22.5 Å². The lowest BCUT2D eigenvalue weighted by Gasteiger charge is -2.28. The molecule has 0 unspecified atom stereocenters. The van der Waals surface area contributed by atoms with E-state index in [1.807, 2.05) is 32.0 Å². The Labute approximate surface area is 137 Å². The molecule has 2 aromatic carbocycles. The second-order valence-electron chi connectivity index (χ2n) is 5.72. The predicted octanol–water partition coefficient (Wildman–Crippen LogP) is 3.14. The molecule has 0 aromatic heterocycles. The normalized spacial score (nSPS) is 15.2. The van der Waals surface area contributed by atoms with Gasteiger partial charge in [-0.25, -0.2) is 8.42 Å². The van der Waals surface area contributed by atoms with Crippen LogP contribution in [0.15, 0.2) is 47.4 Å². The summed E-state index contributed by atoms with van der Waals surface area (Å²) in [5, 5.41) is 0. The van der Waals surface area contributed by atoms with Crippen LogP contribution in [0.3, 0.4) is 0 Å². The van der Waals surface area contributed by atoms with Gasteiger partial charge in [0.25, 0.3) is 0 Å². The van der Waals surface area contributed by atoms with Crippen LogP contribution in [0.2, 0.25) is 0 Å². The average molecular weight is 331 g/mol. The summed E-state index contributed by atoms with van der Waals surface area (Å²) in [6.07, 6.45) is 0.755. The molecule has 3 rings (SSSR count). The molecular formula is C18H21NO3S. The molecule has 0 saturated carbocycles. The van der Waals surface area contributed by atoms with E-state index >= 15 is 0 Å². The summed E-state index contributed by atoms with van der Waals surface area (Å²) in [7, 11) is -3.48. The van der Waals surface area contributed by atoms with Gasteiger partial charge < -0.3 is 4.74 Å². The van der Waals surface area contributed by atoms with Crippen LogP contribution in [-0.2, 0) is 23.0 Å². The van der Waals surface area contributed by atoms with Crippen molar-refractivity contribution in [1.29, 1.82) is 0 Å². The van der Waals surface area contributed by atoms with E-state index in [2.05, 4.69) is 6.07 Å². The number of nitrogens with zero attached hydrogens (tertiary/aromatic N) is 1. The van der Waals surface area contributed by atoms with Gasteiger partial charge in [0.05, 0.1) is 11.5 Å². The molecule has 0 aliphatic carbocycles. The number of rotatable bonds is 4. The molecule has 122 valence electrons. The highest BCUT2D eigenvalue weighted by Crippen LogP contribution is 2.27. The Kier molecular flexibility index (Phi) is 4.41. The Bertz CT molecular complexity index is 815. The molecule has 2 aromatic rings. The monoisotopic (exact) mass is 331 g/mol. The molecule has 0 fully saturated rings. The molecule has 0 N–H and O–H groups in total. The fourth-order valence-corrected chi connectivity index (χ4v) is 4.43. The van der Waals surface area contributed by atoms with Crippen molar-refractivity contribution >= 4 is 10.0 Å². The molecule has 1 aliphatic heterocycles. The number of benzene rings is 2. The Morgan fingerprint density at radius 2 is 1.87 bits per heavy atom. The van der Waals surface area contributed by atoms with Crippen LogP contribution >= 0.6 is 0 Å². The Hall–Kier alpha value is -1.85. The highest BCUT2D eigenvalue weighted by atomic mass is 32.2. The molecule has 0 bridgehead atoms. The van der Waals surface area contributed by atoms with Gasteiger partial charge in [0, 0.05) is 13.1 Å². The van der Waals surface area contributed by atoms with Gasteiger partial charge in [-0.05, 0) is 55.2 Å². The Morgan fingerprint density at radius 3 is 2.57 bits per heavy atom. The molecule has 0 radical (unpaired) electrons. The van der Waals surface area contributed by atoms with E-state index in [1.165, 1.54) is 5.56 Å².